The maximum absolute atomic E-state index is 11.8. The van der Waals surface area contributed by atoms with Gasteiger partial charge in [0.25, 0.3) is 0 Å². The van der Waals surface area contributed by atoms with Gasteiger partial charge in [0.15, 0.2) is 6.10 Å². The number of aryl methyl sites for hydroxylation is 1. The van der Waals surface area contributed by atoms with Crippen LogP contribution in [0.5, 0.6) is 0 Å². The molecule has 0 amide bonds. The molecular weight excluding hydrogens is 388 g/mol. The van der Waals surface area contributed by atoms with E-state index in [1.54, 1.807) is 35.4 Å². The van der Waals surface area contributed by atoms with Crippen LogP contribution in [0.3, 0.4) is 0 Å². The zero-order valence-electron chi connectivity index (χ0n) is 16.9. The standard InChI is InChI=1S/C21H24N4O5/c1-16-6-5-7-18(23-16)8-9-19(30-20(26)29-2)17-10-14-24(15-11-17)21(25(27)28)12-3-4-13-22-21/h3-7,12-13,17,19,22H,10-11,14-15H2,1-2H3. The van der Waals surface area contributed by atoms with Gasteiger partial charge < -0.3 is 14.8 Å². The van der Waals surface area contributed by atoms with Gasteiger partial charge in [-0.3, -0.25) is 10.1 Å². The quantitative estimate of drug-likeness (QED) is 0.347. The fourth-order valence-electron chi connectivity index (χ4n) is 3.59. The number of carbonyl (C=O) groups excluding carboxylic acids is 1. The summed E-state index contributed by atoms with van der Waals surface area (Å²) in [6, 6.07) is 5.52. The number of likely N-dealkylation sites (tertiary alicyclic amines) is 1. The van der Waals surface area contributed by atoms with E-state index in [1.165, 1.54) is 7.11 Å². The number of nitrogens with one attached hydrogen (secondary N) is 1. The molecule has 0 aliphatic carbocycles. The van der Waals surface area contributed by atoms with Gasteiger partial charge in [-0.1, -0.05) is 18.1 Å². The summed E-state index contributed by atoms with van der Waals surface area (Å²) < 4.78 is 10.0. The molecule has 0 bridgehead atoms. The zero-order chi connectivity index (χ0) is 21.6. The van der Waals surface area contributed by atoms with Crippen molar-refractivity contribution in [1.82, 2.24) is 15.2 Å². The average molecular weight is 412 g/mol. The van der Waals surface area contributed by atoms with Gasteiger partial charge in [-0.15, -0.1) is 0 Å². The van der Waals surface area contributed by atoms with E-state index in [-0.39, 0.29) is 10.8 Å². The van der Waals surface area contributed by atoms with E-state index < -0.39 is 18.0 Å². The lowest BCUT2D eigenvalue weighted by Gasteiger charge is -2.40. The number of pyridine rings is 1. The molecule has 9 nitrogen and oxygen atoms in total. The molecule has 2 aliphatic rings. The summed E-state index contributed by atoms with van der Waals surface area (Å²) in [4.78, 5) is 29.3. The molecule has 0 aromatic carbocycles. The summed E-state index contributed by atoms with van der Waals surface area (Å²) in [6.45, 7) is 2.77. The number of piperidine rings is 1. The SMILES string of the molecule is COC(=O)OC(C#Cc1cccc(C)n1)C1CCN(C2([N+](=O)[O-])C=CC=CN2)CC1. The fourth-order valence-corrected chi connectivity index (χ4v) is 3.59. The van der Waals surface area contributed by atoms with Crippen LogP contribution >= 0.6 is 0 Å². The molecule has 1 aromatic rings. The molecule has 2 unspecified atom stereocenters. The summed E-state index contributed by atoms with van der Waals surface area (Å²) in [6.07, 6.45) is 6.13. The van der Waals surface area contributed by atoms with Crippen LogP contribution in [0.2, 0.25) is 0 Å². The van der Waals surface area contributed by atoms with Gasteiger partial charge in [-0.2, -0.15) is 0 Å². The number of hydrogen-bond acceptors (Lipinski definition) is 8. The van der Waals surface area contributed by atoms with Gasteiger partial charge in [-0.25, -0.2) is 14.7 Å². The highest BCUT2D eigenvalue weighted by Crippen LogP contribution is 2.28. The van der Waals surface area contributed by atoms with Crippen LogP contribution in [0.25, 0.3) is 0 Å². The second kappa shape index (κ2) is 9.41. The summed E-state index contributed by atoms with van der Waals surface area (Å²) in [5.41, 5.74) is 1.43. The number of ether oxygens (including phenoxy) is 2. The number of nitro groups is 1. The largest absolute Gasteiger partial charge is 0.509 e. The van der Waals surface area contributed by atoms with Crippen molar-refractivity contribution in [2.24, 2.45) is 5.92 Å². The molecule has 9 heteroatoms. The lowest BCUT2D eigenvalue weighted by atomic mass is 9.90. The maximum Gasteiger partial charge on any atom is 0.509 e. The van der Waals surface area contributed by atoms with E-state index in [1.807, 2.05) is 19.1 Å². The molecule has 1 N–H and O–H groups in total. The first-order chi connectivity index (χ1) is 14.4. The van der Waals surface area contributed by atoms with Crippen molar-refractivity contribution < 1.29 is 19.2 Å². The van der Waals surface area contributed by atoms with Gasteiger partial charge in [0, 0.05) is 37.0 Å². The molecule has 1 saturated heterocycles. The molecule has 1 fully saturated rings. The predicted octanol–water partition coefficient (Wildman–Crippen LogP) is 2.21. The monoisotopic (exact) mass is 412 g/mol. The van der Waals surface area contributed by atoms with E-state index in [4.69, 9.17) is 4.74 Å². The number of nitrogens with zero attached hydrogens (tertiary/aromatic N) is 3. The number of rotatable bonds is 4. The Hall–Kier alpha value is -3.38. The van der Waals surface area contributed by atoms with Crippen LogP contribution in [-0.4, -0.2) is 53.1 Å². The molecule has 158 valence electrons. The van der Waals surface area contributed by atoms with Gasteiger partial charge in [-0.05, 0) is 43.9 Å². The van der Waals surface area contributed by atoms with Crippen LogP contribution in [-0.2, 0) is 9.47 Å². The van der Waals surface area contributed by atoms with Crippen molar-refractivity contribution in [3.05, 3.63) is 64.1 Å². The number of aromatic nitrogens is 1. The summed E-state index contributed by atoms with van der Waals surface area (Å²) in [5, 5.41) is 14.6. The van der Waals surface area contributed by atoms with Gasteiger partial charge in [0.1, 0.15) is 5.69 Å². The zero-order valence-corrected chi connectivity index (χ0v) is 16.9. The molecule has 2 aliphatic heterocycles. The van der Waals surface area contributed by atoms with Crippen molar-refractivity contribution in [2.75, 3.05) is 20.2 Å². The smallest absolute Gasteiger partial charge is 0.438 e. The Morgan fingerprint density at radius 3 is 2.77 bits per heavy atom. The molecular formula is C21H24N4O5. The van der Waals surface area contributed by atoms with Crippen molar-refractivity contribution in [3.8, 4) is 11.8 Å². The van der Waals surface area contributed by atoms with Crippen LogP contribution < -0.4 is 5.32 Å². The van der Waals surface area contributed by atoms with Crippen molar-refractivity contribution in [2.45, 2.75) is 31.7 Å². The Balaban J connectivity index is 1.73. The normalized spacial score (nSPS) is 22.3. The van der Waals surface area contributed by atoms with Gasteiger partial charge in [0.05, 0.1) is 12.0 Å². The third kappa shape index (κ3) is 4.78. The minimum absolute atomic E-state index is 0.0791. The van der Waals surface area contributed by atoms with Crippen LogP contribution in [0.1, 0.15) is 24.2 Å². The number of hydrogen-bond donors (Lipinski definition) is 1. The van der Waals surface area contributed by atoms with Crippen molar-refractivity contribution in [1.29, 1.82) is 0 Å². The minimum Gasteiger partial charge on any atom is -0.438 e. The first kappa shape index (κ1) is 21.3. The second-order valence-electron chi connectivity index (χ2n) is 7.10. The third-order valence-corrected chi connectivity index (χ3v) is 5.18. The fraction of sp³-hybridized carbons (Fsp3) is 0.429. The summed E-state index contributed by atoms with van der Waals surface area (Å²) in [7, 11) is 1.24. The molecule has 2 atom stereocenters. The van der Waals surface area contributed by atoms with E-state index >= 15 is 0 Å². The molecule has 0 saturated carbocycles. The topological polar surface area (TPSA) is 107 Å². The highest BCUT2D eigenvalue weighted by Gasteiger charge is 2.48. The highest BCUT2D eigenvalue weighted by molar-refractivity contribution is 5.60. The Morgan fingerprint density at radius 1 is 1.40 bits per heavy atom. The number of dihydropyridines is 1. The van der Waals surface area contributed by atoms with Crippen LogP contribution in [0.4, 0.5) is 4.79 Å². The molecule has 3 heterocycles. The molecule has 30 heavy (non-hydrogen) atoms. The first-order valence-electron chi connectivity index (χ1n) is 9.66. The van der Waals surface area contributed by atoms with E-state index in [0.717, 1.165) is 5.69 Å². The Labute approximate surface area is 174 Å². The third-order valence-electron chi connectivity index (χ3n) is 5.18. The molecule has 1 aromatic heterocycles. The minimum atomic E-state index is -1.46. The molecule has 3 rings (SSSR count). The second-order valence-corrected chi connectivity index (χ2v) is 7.10. The molecule has 0 radical (unpaired) electrons. The lowest BCUT2D eigenvalue weighted by Crippen LogP contribution is -2.63. The highest BCUT2D eigenvalue weighted by atomic mass is 16.7. The van der Waals surface area contributed by atoms with Crippen LogP contribution in [0, 0.1) is 34.8 Å². The predicted molar refractivity (Wildman–Crippen MR) is 109 cm³/mol. The summed E-state index contributed by atoms with van der Waals surface area (Å²) in [5.74, 6) is 4.42. The summed E-state index contributed by atoms with van der Waals surface area (Å²) >= 11 is 0. The Morgan fingerprint density at radius 2 is 2.17 bits per heavy atom. The van der Waals surface area contributed by atoms with Gasteiger partial charge in [0.2, 0.25) is 0 Å². The Kier molecular flexibility index (Phi) is 6.69. The van der Waals surface area contributed by atoms with Crippen LogP contribution in [0.15, 0.2) is 42.6 Å². The lowest BCUT2D eigenvalue weighted by molar-refractivity contribution is -0.593. The number of methoxy groups -OCH3 is 1. The van der Waals surface area contributed by atoms with E-state index in [0.29, 0.717) is 31.6 Å². The maximum atomic E-state index is 11.8. The average Bonchev–Trinajstić information content (AvgIpc) is 2.77. The van der Waals surface area contributed by atoms with Crippen molar-refractivity contribution >= 4 is 6.16 Å². The van der Waals surface area contributed by atoms with Gasteiger partial charge >= 0.3 is 11.9 Å². The van der Waals surface area contributed by atoms with E-state index in [9.17, 15) is 14.9 Å². The van der Waals surface area contributed by atoms with E-state index in [2.05, 4.69) is 26.9 Å². The first-order valence-corrected chi connectivity index (χ1v) is 9.66. The Bertz CT molecular complexity index is 911. The van der Waals surface area contributed by atoms with Crippen molar-refractivity contribution in [3.63, 3.8) is 0 Å². The number of carbonyl (C=O) groups is 1. The number of allylic oxidation sites excluding steroid dienone is 2. The molecule has 0 spiro atoms.